The molecule has 1 aliphatic heterocycles. The van der Waals surface area contributed by atoms with Crippen LogP contribution in [-0.4, -0.2) is 23.3 Å². The molecule has 1 heterocycles. The second kappa shape index (κ2) is 4.87. The number of hydrogen-bond donors (Lipinski definition) is 1. The van der Waals surface area contributed by atoms with Crippen molar-refractivity contribution in [3.63, 3.8) is 0 Å². The van der Waals surface area contributed by atoms with Crippen LogP contribution in [0.15, 0.2) is 18.2 Å². The van der Waals surface area contributed by atoms with Crippen molar-refractivity contribution in [2.24, 2.45) is 0 Å². The van der Waals surface area contributed by atoms with Crippen LogP contribution in [0.3, 0.4) is 0 Å². The molecule has 0 aromatic heterocycles. The van der Waals surface area contributed by atoms with E-state index in [0.29, 0.717) is 12.1 Å². The van der Waals surface area contributed by atoms with Gasteiger partial charge in [-0.15, -0.1) is 0 Å². The first kappa shape index (κ1) is 12.7. The minimum Gasteiger partial charge on any atom is -0.393 e. The summed E-state index contributed by atoms with van der Waals surface area (Å²) in [5, 5.41) is 10.4. The van der Waals surface area contributed by atoms with Crippen molar-refractivity contribution in [1.82, 2.24) is 0 Å². The first-order valence-corrected chi connectivity index (χ1v) is 6.61. The molecule has 0 radical (unpaired) electrons. The number of aliphatic hydroxyl groups is 1. The molecule has 94 valence electrons. The van der Waals surface area contributed by atoms with Crippen molar-refractivity contribution in [1.29, 1.82) is 0 Å². The van der Waals surface area contributed by atoms with Gasteiger partial charge in [0.25, 0.3) is 0 Å². The number of halogens is 1. The molecule has 2 unspecified atom stereocenters. The number of fused-ring (bicyclic) bond motifs is 1. The Hall–Kier alpha value is -0.730. The smallest absolute Gasteiger partial charge is 0.0531 e. The molecule has 1 aromatic rings. The molecule has 1 aromatic carbocycles. The lowest BCUT2D eigenvalue weighted by atomic mass is 10.0. The van der Waals surface area contributed by atoms with Crippen LogP contribution >= 0.6 is 11.6 Å². The van der Waals surface area contributed by atoms with Gasteiger partial charge in [0, 0.05) is 22.8 Å². The van der Waals surface area contributed by atoms with Crippen LogP contribution in [0.5, 0.6) is 0 Å². The molecule has 2 atom stereocenters. The third-order valence-electron chi connectivity index (χ3n) is 3.34. The van der Waals surface area contributed by atoms with Gasteiger partial charge in [-0.1, -0.05) is 11.6 Å². The van der Waals surface area contributed by atoms with Crippen molar-refractivity contribution in [2.45, 2.75) is 51.8 Å². The van der Waals surface area contributed by atoms with Gasteiger partial charge < -0.3 is 10.0 Å². The van der Waals surface area contributed by atoms with E-state index in [4.69, 9.17) is 11.6 Å². The summed E-state index contributed by atoms with van der Waals surface area (Å²) in [6.45, 7) is 6.24. The second-order valence-electron chi connectivity index (χ2n) is 5.22. The number of anilines is 1. The predicted octanol–water partition coefficient (Wildman–Crippen LogP) is 3.25. The highest BCUT2D eigenvalue weighted by Gasteiger charge is 2.31. The number of nitrogens with zero attached hydrogens (tertiary/aromatic N) is 1. The minimum atomic E-state index is -0.258. The van der Waals surface area contributed by atoms with Crippen molar-refractivity contribution >= 4 is 17.3 Å². The van der Waals surface area contributed by atoms with Crippen LogP contribution in [-0.2, 0) is 6.42 Å². The summed E-state index contributed by atoms with van der Waals surface area (Å²) in [6, 6.07) is 6.93. The molecule has 0 bridgehead atoms. The van der Waals surface area contributed by atoms with E-state index in [0.717, 1.165) is 17.9 Å². The van der Waals surface area contributed by atoms with E-state index in [9.17, 15) is 5.11 Å². The molecule has 0 saturated carbocycles. The fraction of sp³-hybridized carbons (Fsp3) is 0.571. The number of benzene rings is 1. The molecular formula is C14H20ClNO. The molecule has 17 heavy (non-hydrogen) atoms. The van der Waals surface area contributed by atoms with E-state index in [1.165, 1.54) is 11.3 Å². The first-order chi connectivity index (χ1) is 7.99. The van der Waals surface area contributed by atoms with Gasteiger partial charge in [-0.05, 0) is 57.4 Å². The molecule has 2 nitrogen and oxygen atoms in total. The average Bonchev–Trinajstić information content (AvgIpc) is 2.53. The van der Waals surface area contributed by atoms with Crippen molar-refractivity contribution in [3.05, 3.63) is 28.8 Å². The molecule has 1 N–H and O–H groups in total. The zero-order chi connectivity index (χ0) is 12.6. The molecular weight excluding hydrogens is 234 g/mol. The molecule has 3 heteroatoms. The summed E-state index contributed by atoms with van der Waals surface area (Å²) < 4.78 is 0. The van der Waals surface area contributed by atoms with Gasteiger partial charge in [-0.25, -0.2) is 0 Å². The molecule has 0 aliphatic carbocycles. The average molecular weight is 254 g/mol. The fourth-order valence-electron chi connectivity index (χ4n) is 2.81. The van der Waals surface area contributed by atoms with Crippen molar-refractivity contribution in [3.8, 4) is 0 Å². The Labute approximate surface area is 108 Å². The predicted molar refractivity (Wildman–Crippen MR) is 72.9 cm³/mol. The maximum absolute atomic E-state index is 9.59. The van der Waals surface area contributed by atoms with E-state index in [2.05, 4.69) is 24.8 Å². The zero-order valence-corrected chi connectivity index (χ0v) is 11.4. The van der Waals surface area contributed by atoms with Crippen LogP contribution in [0.4, 0.5) is 5.69 Å². The fourth-order valence-corrected chi connectivity index (χ4v) is 3.00. The summed E-state index contributed by atoms with van der Waals surface area (Å²) in [7, 11) is 0. The van der Waals surface area contributed by atoms with Gasteiger partial charge in [0.1, 0.15) is 0 Å². The summed E-state index contributed by atoms with van der Waals surface area (Å²) in [5.41, 5.74) is 2.58. The molecule has 2 rings (SSSR count). The molecule has 0 fully saturated rings. The Morgan fingerprint density at radius 3 is 2.71 bits per heavy atom. The summed E-state index contributed by atoms with van der Waals surface area (Å²) in [6.07, 6.45) is 1.54. The molecule has 0 spiro atoms. The van der Waals surface area contributed by atoms with Gasteiger partial charge in [0.15, 0.2) is 0 Å². The Balaban J connectivity index is 2.30. The van der Waals surface area contributed by atoms with Crippen LogP contribution in [0.25, 0.3) is 0 Å². The Bertz CT molecular complexity index is 403. The van der Waals surface area contributed by atoms with E-state index in [1.807, 2.05) is 19.1 Å². The highest BCUT2D eigenvalue weighted by Crippen LogP contribution is 2.37. The van der Waals surface area contributed by atoms with Gasteiger partial charge in [-0.2, -0.15) is 0 Å². The standard InChI is InChI=1S/C14H20ClNO/c1-9(2)16-13(6-10(3)17)8-11-7-12(15)4-5-14(11)16/h4-5,7,9-10,13,17H,6,8H2,1-3H3. The van der Waals surface area contributed by atoms with Crippen LogP contribution in [0.2, 0.25) is 5.02 Å². The number of aliphatic hydroxyl groups excluding tert-OH is 1. The van der Waals surface area contributed by atoms with Gasteiger partial charge >= 0.3 is 0 Å². The van der Waals surface area contributed by atoms with Crippen LogP contribution < -0.4 is 4.90 Å². The van der Waals surface area contributed by atoms with Crippen molar-refractivity contribution in [2.75, 3.05) is 4.90 Å². The maximum atomic E-state index is 9.59. The molecule has 1 aliphatic rings. The first-order valence-electron chi connectivity index (χ1n) is 6.24. The lowest BCUT2D eigenvalue weighted by Crippen LogP contribution is -2.39. The van der Waals surface area contributed by atoms with Gasteiger partial charge in [-0.3, -0.25) is 0 Å². The highest BCUT2D eigenvalue weighted by molar-refractivity contribution is 6.30. The Morgan fingerprint density at radius 1 is 1.41 bits per heavy atom. The number of rotatable bonds is 3. The van der Waals surface area contributed by atoms with E-state index < -0.39 is 0 Å². The van der Waals surface area contributed by atoms with Crippen LogP contribution in [0.1, 0.15) is 32.8 Å². The Morgan fingerprint density at radius 2 is 2.12 bits per heavy atom. The van der Waals surface area contributed by atoms with E-state index in [1.54, 1.807) is 0 Å². The largest absolute Gasteiger partial charge is 0.393 e. The lowest BCUT2D eigenvalue weighted by molar-refractivity contribution is 0.173. The lowest BCUT2D eigenvalue weighted by Gasteiger charge is -2.32. The van der Waals surface area contributed by atoms with Gasteiger partial charge in [0.2, 0.25) is 0 Å². The third kappa shape index (κ3) is 2.58. The zero-order valence-electron chi connectivity index (χ0n) is 10.7. The minimum absolute atomic E-state index is 0.258. The van der Waals surface area contributed by atoms with E-state index >= 15 is 0 Å². The molecule has 0 amide bonds. The summed E-state index contributed by atoms with van der Waals surface area (Å²) >= 11 is 6.04. The SMILES string of the molecule is CC(O)CC1Cc2cc(Cl)ccc2N1C(C)C. The second-order valence-corrected chi connectivity index (χ2v) is 5.65. The molecule has 0 saturated heterocycles. The monoisotopic (exact) mass is 253 g/mol. The van der Waals surface area contributed by atoms with Gasteiger partial charge in [0.05, 0.1) is 6.10 Å². The summed E-state index contributed by atoms with van der Waals surface area (Å²) in [4.78, 5) is 2.40. The summed E-state index contributed by atoms with van der Waals surface area (Å²) in [5.74, 6) is 0. The highest BCUT2D eigenvalue weighted by atomic mass is 35.5. The third-order valence-corrected chi connectivity index (χ3v) is 3.57. The number of hydrogen-bond acceptors (Lipinski definition) is 2. The maximum Gasteiger partial charge on any atom is 0.0531 e. The van der Waals surface area contributed by atoms with E-state index in [-0.39, 0.29) is 6.10 Å². The normalized spacial score (nSPS) is 20.8. The Kier molecular flexibility index (Phi) is 3.64. The quantitative estimate of drug-likeness (QED) is 0.894. The van der Waals surface area contributed by atoms with Crippen LogP contribution in [0, 0.1) is 0 Å². The van der Waals surface area contributed by atoms with Crippen molar-refractivity contribution < 1.29 is 5.11 Å². The topological polar surface area (TPSA) is 23.5 Å².